The fraction of sp³-hybridized carbons (Fsp3) is 0.308. The minimum Gasteiger partial charge on any atom is -0.323 e. The number of hydrogen-bond donors (Lipinski definition) is 3. The van der Waals surface area contributed by atoms with Crippen molar-refractivity contribution in [3.8, 4) is 0 Å². The van der Waals surface area contributed by atoms with Gasteiger partial charge in [-0.2, -0.15) is 5.01 Å². The van der Waals surface area contributed by atoms with Crippen LogP contribution in [0.5, 0.6) is 0 Å². The molecule has 0 atom stereocenters. The number of ketones is 1. The summed E-state index contributed by atoms with van der Waals surface area (Å²) in [5, 5.41) is 0.687. The van der Waals surface area contributed by atoms with Gasteiger partial charge in [-0.1, -0.05) is 0 Å². The Balaban J connectivity index is 2.20. The Hall–Kier alpha value is -2.81. The third-order valence-electron chi connectivity index (χ3n) is 3.06. The molecule has 22 heavy (non-hydrogen) atoms. The van der Waals surface area contributed by atoms with E-state index in [1.54, 1.807) is 0 Å². The average Bonchev–Trinajstić information content (AvgIpc) is 2.78. The van der Waals surface area contributed by atoms with Crippen molar-refractivity contribution in [3.05, 3.63) is 23.5 Å². The molecule has 4 N–H and O–H groups in total. The van der Waals surface area contributed by atoms with Crippen LogP contribution in [0.15, 0.2) is 12.3 Å². The summed E-state index contributed by atoms with van der Waals surface area (Å²) in [7, 11) is 0. The van der Waals surface area contributed by atoms with Crippen LogP contribution in [-0.4, -0.2) is 33.5 Å². The molecule has 0 radical (unpaired) electrons. The highest BCUT2D eigenvalue weighted by Crippen LogP contribution is 2.16. The second-order valence-electron chi connectivity index (χ2n) is 4.81. The van der Waals surface area contributed by atoms with Gasteiger partial charge < -0.3 is 5.43 Å². The van der Waals surface area contributed by atoms with Crippen LogP contribution in [0.3, 0.4) is 0 Å². The highest BCUT2D eigenvalue weighted by molar-refractivity contribution is 6.06. The molecule has 1 aromatic heterocycles. The normalized spacial score (nSPS) is 14.2. The number of pyridine rings is 1. The van der Waals surface area contributed by atoms with Gasteiger partial charge in [0.1, 0.15) is 5.78 Å². The number of carbonyl (C=O) groups is 4. The molecule has 9 nitrogen and oxygen atoms in total. The number of carbonyl (C=O) groups excluding carboxylic acids is 4. The highest BCUT2D eigenvalue weighted by atomic mass is 16.2. The number of imide groups is 1. The first-order valence-corrected chi connectivity index (χ1v) is 6.54. The van der Waals surface area contributed by atoms with Gasteiger partial charge in [-0.25, -0.2) is 0 Å². The molecule has 1 aliphatic rings. The molecule has 1 aliphatic heterocycles. The predicted molar refractivity (Wildman–Crippen MR) is 75.0 cm³/mol. The predicted octanol–water partition coefficient (Wildman–Crippen LogP) is -0.707. The fourth-order valence-corrected chi connectivity index (χ4v) is 2.01. The van der Waals surface area contributed by atoms with Gasteiger partial charge >= 0.3 is 0 Å². The first-order valence-electron chi connectivity index (χ1n) is 6.54. The number of nitrogens with one attached hydrogen (secondary N) is 2. The van der Waals surface area contributed by atoms with E-state index >= 15 is 0 Å². The Kier molecular flexibility index (Phi) is 4.47. The Morgan fingerprint density at radius 2 is 1.95 bits per heavy atom. The van der Waals surface area contributed by atoms with Crippen molar-refractivity contribution in [2.45, 2.75) is 26.2 Å². The monoisotopic (exact) mass is 305 g/mol. The molecular weight excluding hydrogens is 290 g/mol. The molecule has 9 heteroatoms. The van der Waals surface area contributed by atoms with Crippen LogP contribution in [0.4, 0.5) is 5.69 Å². The third kappa shape index (κ3) is 3.26. The molecule has 116 valence electrons. The van der Waals surface area contributed by atoms with E-state index in [0.29, 0.717) is 10.7 Å². The van der Waals surface area contributed by atoms with E-state index in [0.717, 1.165) is 0 Å². The lowest BCUT2D eigenvalue weighted by molar-refractivity contribution is -0.141. The molecule has 1 saturated heterocycles. The Morgan fingerprint density at radius 1 is 1.32 bits per heavy atom. The summed E-state index contributed by atoms with van der Waals surface area (Å²) in [6.07, 6.45) is 1.47. The number of nitrogens with two attached hydrogens (primary N) is 1. The van der Waals surface area contributed by atoms with Gasteiger partial charge in [0.2, 0.25) is 11.8 Å². The molecule has 3 amide bonds. The van der Waals surface area contributed by atoms with E-state index in [2.05, 4.69) is 15.8 Å². The lowest BCUT2D eigenvalue weighted by Crippen LogP contribution is -2.45. The fourth-order valence-electron chi connectivity index (χ4n) is 2.01. The van der Waals surface area contributed by atoms with Crippen molar-refractivity contribution in [1.29, 1.82) is 0 Å². The van der Waals surface area contributed by atoms with E-state index in [9.17, 15) is 19.2 Å². The quantitative estimate of drug-likeness (QED) is 0.371. The third-order valence-corrected chi connectivity index (χ3v) is 3.06. The van der Waals surface area contributed by atoms with Crippen LogP contribution < -0.4 is 16.7 Å². The number of amides is 3. The first-order chi connectivity index (χ1) is 10.4. The maximum absolute atomic E-state index is 12.1. The smallest absolute Gasteiger partial charge is 0.274 e. The minimum atomic E-state index is -0.696. The topological polar surface area (TPSA) is 134 Å². The zero-order valence-electron chi connectivity index (χ0n) is 11.9. The van der Waals surface area contributed by atoms with Crippen molar-refractivity contribution in [1.82, 2.24) is 15.4 Å². The SMILES string of the molecule is CC(=O)Cc1cc(NN)c(C(=O)NN2C(=O)CCC2=O)cn1. The maximum atomic E-state index is 12.1. The van der Waals surface area contributed by atoms with Gasteiger partial charge in [-0.05, 0) is 13.0 Å². The van der Waals surface area contributed by atoms with Crippen LogP contribution in [0.1, 0.15) is 35.8 Å². The van der Waals surface area contributed by atoms with Crippen molar-refractivity contribution in [3.63, 3.8) is 0 Å². The van der Waals surface area contributed by atoms with Crippen molar-refractivity contribution in [2.24, 2.45) is 5.84 Å². The van der Waals surface area contributed by atoms with Gasteiger partial charge in [-0.3, -0.25) is 35.4 Å². The van der Waals surface area contributed by atoms with Crippen molar-refractivity contribution in [2.75, 3.05) is 5.43 Å². The van der Waals surface area contributed by atoms with Gasteiger partial charge in [0, 0.05) is 31.2 Å². The Labute approximate surface area is 125 Å². The van der Waals surface area contributed by atoms with Gasteiger partial charge in [-0.15, -0.1) is 0 Å². The number of nitrogen functional groups attached to an aromatic ring is 1. The number of hydrazine groups is 2. The van der Waals surface area contributed by atoms with E-state index in [4.69, 9.17) is 5.84 Å². The average molecular weight is 305 g/mol. The lowest BCUT2D eigenvalue weighted by Gasteiger charge is -2.16. The summed E-state index contributed by atoms with van der Waals surface area (Å²) < 4.78 is 0. The molecule has 0 aliphatic carbocycles. The number of nitrogens with zero attached hydrogens (tertiary/aromatic N) is 2. The van der Waals surface area contributed by atoms with Gasteiger partial charge in [0.05, 0.1) is 11.3 Å². The molecule has 2 heterocycles. The van der Waals surface area contributed by atoms with Crippen LogP contribution in [0, 0.1) is 0 Å². The van der Waals surface area contributed by atoms with E-state index in [1.165, 1.54) is 19.2 Å². The van der Waals surface area contributed by atoms with Crippen molar-refractivity contribution < 1.29 is 19.2 Å². The largest absolute Gasteiger partial charge is 0.323 e. The van der Waals surface area contributed by atoms with Crippen LogP contribution >= 0.6 is 0 Å². The summed E-state index contributed by atoms with van der Waals surface area (Å²) >= 11 is 0. The Bertz CT molecular complexity index is 642. The zero-order chi connectivity index (χ0) is 16.3. The van der Waals surface area contributed by atoms with E-state index in [1.807, 2.05) is 0 Å². The summed E-state index contributed by atoms with van der Waals surface area (Å²) in [5.41, 5.74) is 5.31. The number of rotatable bonds is 5. The zero-order valence-corrected chi connectivity index (χ0v) is 11.9. The number of anilines is 1. The van der Waals surface area contributed by atoms with Crippen molar-refractivity contribution >= 4 is 29.2 Å². The van der Waals surface area contributed by atoms with Gasteiger partial charge in [0.15, 0.2) is 0 Å². The summed E-state index contributed by atoms with van der Waals surface area (Å²) in [5.74, 6) is 3.64. The van der Waals surface area contributed by atoms with Crippen LogP contribution in [-0.2, 0) is 20.8 Å². The lowest BCUT2D eigenvalue weighted by atomic mass is 10.1. The second-order valence-corrected chi connectivity index (χ2v) is 4.81. The number of hydrogen-bond acceptors (Lipinski definition) is 7. The summed E-state index contributed by atoms with van der Waals surface area (Å²) in [4.78, 5) is 50.2. The Morgan fingerprint density at radius 3 is 2.50 bits per heavy atom. The molecule has 0 spiro atoms. The first kappa shape index (κ1) is 15.6. The number of Topliss-reactive ketones (excluding diaryl/α,β-unsaturated/α-hetero) is 1. The van der Waals surface area contributed by atoms with Gasteiger partial charge in [0.25, 0.3) is 5.91 Å². The molecule has 0 aromatic carbocycles. The maximum Gasteiger partial charge on any atom is 0.274 e. The number of aromatic nitrogens is 1. The van der Waals surface area contributed by atoms with Crippen LogP contribution in [0.2, 0.25) is 0 Å². The molecule has 1 aromatic rings. The highest BCUT2D eigenvalue weighted by Gasteiger charge is 2.31. The van der Waals surface area contributed by atoms with E-state index < -0.39 is 17.7 Å². The molecule has 0 saturated carbocycles. The molecule has 1 fully saturated rings. The van der Waals surface area contributed by atoms with E-state index in [-0.39, 0.29) is 36.3 Å². The standard InChI is InChI=1S/C13H15N5O4/c1-7(19)4-8-5-10(16-14)9(6-15-8)13(22)17-18-11(20)2-3-12(18)21/h5-6H,2-4,14H2,1H3,(H,15,16)(H,17,22). The van der Waals surface area contributed by atoms with Crippen LogP contribution in [0.25, 0.3) is 0 Å². The molecule has 2 rings (SSSR count). The molecular formula is C13H15N5O4. The molecule has 0 unspecified atom stereocenters. The second kappa shape index (κ2) is 6.31. The summed E-state index contributed by atoms with van der Waals surface area (Å²) in [6, 6.07) is 1.46. The minimum absolute atomic E-state index is 0.0577. The summed E-state index contributed by atoms with van der Waals surface area (Å²) in [6.45, 7) is 1.42. The molecule has 0 bridgehead atoms.